The summed E-state index contributed by atoms with van der Waals surface area (Å²) in [5, 5.41) is 3.92. The third-order valence-corrected chi connectivity index (χ3v) is 4.93. The fourth-order valence-corrected chi connectivity index (χ4v) is 3.72. The smallest absolute Gasteiger partial charge is 0.264 e. The van der Waals surface area contributed by atoms with E-state index in [1.54, 1.807) is 6.20 Å². The maximum absolute atomic E-state index is 12.8. The third kappa shape index (κ3) is 3.22. The van der Waals surface area contributed by atoms with Crippen molar-refractivity contribution in [1.82, 2.24) is 15.2 Å². The number of aromatic nitrogens is 1. The number of halogens is 1. The molecule has 2 aromatic rings. The van der Waals surface area contributed by atoms with Crippen molar-refractivity contribution in [2.45, 2.75) is 19.4 Å². The summed E-state index contributed by atoms with van der Waals surface area (Å²) in [5.41, 5.74) is 3.84. The molecule has 25 heavy (non-hydrogen) atoms. The molecule has 0 bridgehead atoms. The number of fused-ring (bicyclic) bond motifs is 1. The highest BCUT2D eigenvalue weighted by Gasteiger charge is 2.34. The standard InChI is InChI=1S/C19H20ClN3O2/c1-12-8-13(2-3-22-12)16-11-15(20)9-14-10-17(25-18(14)16)19(24)23-6-4-21-5-7-23/h2-3,8-9,11,17,21H,4-7,10H2,1H3/t17-/m1/s1. The van der Waals surface area contributed by atoms with Crippen LogP contribution in [0.15, 0.2) is 30.5 Å². The molecule has 1 aromatic carbocycles. The lowest BCUT2D eigenvalue weighted by Gasteiger charge is -2.29. The van der Waals surface area contributed by atoms with E-state index >= 15 is 0 Å². The fourth-order valence-electron chi connectivity index (χ4n) is 3.48. The SMILES string of the molecule is Cc1cc(-c2cc(Cl)cc3c2O[C@@H](C(=O)N2CCNCC2)C3)ccn1. The van der Waals surface area contributed by atoms with Crippen LogP contribution in [-0.2, 0) is 11.2 Å². The van der Waals surface area contributed by atoms with Gasteiger partial charge in [0, 0.05) is 60.6 Å². The van der Waals surface area contributed by atoms with E-state index in [1.165, 1.54) is 0 Å². The number of hydrogen-bond donors (Lipinski definition) is 1. The third-order valence-electron chi connectivity index (χ3n) is 4.71. The van der Waals surface area contributed by atoms with Crippen LogP contribution in [-0.4, -0.2) is 48.1 Å². The molecule has 2 aliphatic rings. The first kappa shape index (κ1) is 16.4. The zero-order chi connectivity index (χ0) is 17.4. The minimum atomic E-state index is -0.465. The molecule has 0 spiro atoms. The van der Waals surface area contributed by atoms with E-state index in [0.29, 0.717) is 11.4 Å². The second kappa shape index (κ2) is 6.65. The predicted molar refractivity (Wildman–Crippen MR) is 97.0 cm³/mol. The Bertz CT molecular complexity index is 818. The maximum atomic E-state index is 12.8. The predicted octanol–water partition coefficient (Wildman–Crippen LogP) is 2.45. The van der Waals surface area contributed by atoms with Gasteiger partial charge in [0.25, 0.3) is 5.91 Å². The topological polar surface area (TPSA) is 54.5 Å². The van der Waals surface area contributed by atoms with Crippen molar-refractivity contribution in [3.8, 4) is 16.9 Å². The first-order chi connectivity index (χ1) is 12.1. The Balaban J connectivity index is 1.64. The van der Waals surface area contributed by atoms with Gasteiger partial charge in [-0.2, -0.15) is 0 Å². The Morgan fingerprint density at radius 3 is 2.88 bits per heavy atom. The van der Waals surface area contributed by atoms with Crippen LogP contribution in [0.25, 0.3) is 11.1 Å². The highest BCUT2D eigenvalue weighted by atomic mass is 35.5. The Kier molecular flexibility index (Phi) is 4.36. The van der Waals surface area contributed by atoms with E-state index in [2.05, 4.69) is 10.3 Å². The van der Waals surface area contributed by atoms with Crippen LogP contribution in [0.4, 0.5) is 0 Å². The van der Waals surface area contributed by atoms with Crippen LogP contribution < -0.4 is 10.1 Å². The lowest BCUT2D eigenvalue weighted by atomic mass is 10.0. The van der Waals surface area contributed by atoms with Gasteiger partial charge in [-0.05, 0) is 36.8 Å². The van der Waals surface area contributed by atoms with Crippen LogP contribution >= 0.6 is 11.6 Å². The molecule has 1 saturated heterocycles. The molecule has 2 aliphatic heterocycles. The van der Waals surface area contributed by atoms with E-state index < -0.39 is 6.10 Å². The molecule has 1 N–H and O–H groups in total. The van der Waals surface area contributed by atoms with Crippen LogP contribution in [0.5, 0.6) is 5.75 Å². The first-order valence-corrected chi connectivity index (χ1v) is 8.91. The van der Waals surface area contributed by atoms with Gasteiger partial charge in [-0.25, -0.2) is 0 Å². The lowest BCUT2D eigenvalue weighted by Crippen LogP contribution is -2.50. The van der Waals surface area contributed by atoms with E-state index in [-0.39, 0.29) is 5.91 Å². The van der Waals surface area contributed by atoms with Crippen molar-refractivity contribution in [3.63, 3.8) is 0 Å². The zero-order valence-electron chi connectivity index (χ0n) is 14.1. The molecule has 0 saturated carbocycles. The highest BCUT2D eigenvalue weighted by molar-refractivity contribution is 6.31. The number of piperazine rings is 1. The van der Waals surface area contributed by atoms with Gasteiger partial charge in [0.1, 0.15) is 5.75 Å². The largest absolute Gasteiger partial charge is 0.479 e. The van der Waals surface area contributed by atoms with E-state index in [1.807, 2.05) is 36.1 Å². The number of pyridine rings is 1. The molecule has 0 radical (unpaired) electrons. The van der Waals surface area contributed by atoms with Crippen LogP contribution in [0.3, 0.4) is 0 Å². The molecule has 0 aliphatic carbocycles. The van der Waals surface area contributed by atoms with Crippen molar-refractivity contribution >= 4 is 17.5 Å². The second-order valence-electron chi connectivity index (χ2n) is 6.51. The van der Waals surface area contributed by atoms with Gasteiger partial charge in [0.2, 0.25) is 0 Å². The summed E-state index contributed by atoms with van der Waals surface area (Å²) in [4.78, 5) is 18.9. The molecule has 1 fully saturated rings. The molecule has 0 unspecified atom stereocenters. The molecule has 1 aromatic heterocycles. The van der Waals surface area contributed by atoms with Gasteiger partial charge < -0.3 is 15.0 Å². The van der Waals surface area contributed by atoms with Gasteiger partial charge in [-0.3, -0.25) is 9.78 Å². The van der Waals surface area contributed by atoms with E-state index in [9.17, 15) is 4.79 Å². The molecular formula is C19H20ClN3O2. The maximum Gasteiger partial charge on any atom is 0.264 e. The summed E-state index contributed by atoms with van der Waals surface area (Å²) in [7, 11) is 0. The zero-order valence-corrected chi connectivity index (χ0v) is 14.8. The number of carbonyl (C=O) groups excluding carboxylic acids is 1. The summed E-state index contributed by atoms with van der Waals surface area (Å²) < 4.78 is 6.11. The lowest BCUT2D eigenvalue weighted by molar-refractivity contribution is -0.138. The van der Waals surface area contributed by atoms with E-state index in [4.69, 9.17) is 16.3 Å². The highest BCUT2D eigenvalue weighted by Crippen LogP contribution is 2.41. The van der Waals surface area contributed by atoms with Crippen molar-refractivity contribution in [2.24, 2.45) is 0 Å². The average Bonchev–Trinajstić information content (AvgIpc) is 3.05. The first-order valence-electron chi connectivity index (χ1n) is 8.53. The normalized spacial score (nSPS) is 19.4. The fraction of sp³-hybridized carbons (Fsp3) is 0.368. The van der Waals surface area contributed by atoms with E-state index in [0.717, 1.165) is 54.3 Å². The number of ether oxygens (including phenoxy) is 1. The summed E-state index contributed by atoms with van der Waals surface area (Å²) >= 11 is 6.32. The quantitative estimate of drug-likeness (QED) is 0.897. The summed E-state index contributed by atoms with van der Waals surface area (Å²) in [6.45, 7) is 5.07. The molecule has 1 atom stereocenters. The van der Waals surface area contributed by atoms with Crippen molar-refractivity contribution in [2.75, 3.05) is 26.2 Å². The second-order valence-corrected chi connectivity index (χ2v) is 6.95. The Hall–Kier alpha value is -2.11. The molecule has 6 heteroatoms. The summed E-state index contributed by atoms with van der Waals surface area (Å²) in [5.74, 6) is 0.828. The van der Waals surface area contributed by atoms with Crippen LogP contribution in [0, 0.1) is 6.92 Å². The average molecular weight is 358 g/mol. The summed E-state index contributed by atoms with van der Waals surface area (Å²) in [6.07, 6.45) is 1.87. The molecular weight excluding hydrogens is 338 g/mol. The number of benzene rings is 1. The monoisotopic (exact) mass is 357 g/mol. The van der Waals surface area contributed by atoms with Crippen molar-refractivity contribution in [1.29, 1.82) is 0 Å². The van der Waals surface area contributed by atoms with Crippen LogP contribution in [0.1, 0.15) is 11.3 Å². The number of hydrogen-bond acceptors (Lipinski definition) is 4. The van der Waals surface area contributed by atoms with Gasteiger partial charge >= 0.3 is 0 Å². The number of aryl methyl sites for hydroxylation is 1. The number of nitrogens with zero attached hydrogens (tertiary/aromatic N) is 2. The van der Waals surface area contributed by atoms with Crippen molar-refractivity contribution in [3.05, 3.63) is 46.7 Å². The summed E-state index contributed by atoms with van der Waals surface area (Å²) in [6, 6.07) is 7.74. The number of rotatable bonds is 2. The minimum absolute atomic E-state index is 0.0608. The van der Waals surface area contributed by atoms with Gasteiger partial charge in [0.15, 0.2) is 6.10 Å². The Labute approximate surface area is 152 Å². The van der Waals surface area contributed by atoms with Gasteiger partial charge in [0.05, 0.1) is 0 Å². The molecule has 1 amide bonds. The molecule has 3 heterocycles. The van der Waals surface area contributed by atoms with Gasteiger partial charge in [-0.15, -0.1) is 0 Å². The minimum Gasteiger partial charge on any atom is -0.479 e. The van der Waals surface area contributed by atoms with Gasteiger partial charge in [-0.1, -0.05) is 11.6 Å². The molecule has 130 valence electrons. The number of nitrogens with one attached hydrogen (secondary N) is 1. The van der Waals surface area contributed by atoms with Crippen molar-refractivity contribution < 1.29 is 9.53 Å². The molecule has 5 nitrogen and oxygen atoms in total. The number of amides is 1. The number of carbonyl (C=O) groups is 1. The Morgan fingerprint density at radius 2 is 2.12 bits per heavy atom. The van der Waals surface area contributed by atoms with Crippen LogP contribution in [0.2, 0.25) is 5.02 Å². The Morgan fingerprint density at radius 1 is 1.32 bits per heavy atom. The molecule has 4 rings (SSSR count).